The second kappa shape index (κ2) is 7.98. The van der Waals surface area contributed by atoms with Crippen molar-refractivity contribution in [1.82, 2.24) is 10.0 Å². The summed E-state index contributed by atoms with van der Waals surface area (Å²) in [7, 11) is -3.22. The summed E-state index contributed by atoms with van der Waals surface area (Å²) in [5.41, 5.74) is 0.992. The zero-order chi connectivity index (χ0) is 15.0. The summed E-state index contributed by atoms with van der Waals surface area (Å²) < 4.78 is 29.4. The molecule has 1 atom stereocenters. The molecule has 2 N–H and O–H groups in total. The van der Waals surface area contributed by atoms with Crippen LogP contribution in [0.4, 0.5) is 0 Å². The van der Waals surface area contributed by atoms with Crippen molar-refractivity contribution >= 4 is 15.9 Å². The Morgan fingerprint density at radius 1 is 1.25 bits per heavy atom. The quantitative estimate of drug-likeness (QED) is 0.674. The number of ether oxygens (including phenoxy) is 1. The summed E-state index contributed by atoms with van der Waals surface area (Å²) in [6.45, 7) is 2.40. The fourth-order valence-electron chi connectivity index (χ4n) is 1.44. The topological polar surface area (TPSA) is 84.5 Å². The van der Waals surface area contributed by atoms with Crippen LogP contribution in [-0.4, -0.2) is 39.8 Å². The highest BCUT2D eigenvalue weighted by atomic mass is 32.2. The normalized spacial score (nSPS) is 12.9. The van der Waals surface area contributed by atoms with Crippen LogP contribution in [0.1, 0.15) is 12.5 Å². The molecule has 112 valence electrons. The predicted molar refractivity (Wildman–Crippen MR) is 76.5 cm³/mol. The Morgan fingerprint density at radius 2 is 1.90 bits per heavy atom. The Morgan fingerprint density at radius 3 is 2.50 bits per heavy atom. The number of benzene rings is 1. The van der Waals surface area contributed by atoms with E-state index in [1.165, 1.54) is 0 Å². The monoisotopic (exact) mass is 300 g/mol. The predicted octanol–water partition coefficient (Wildman–Crippen LogP) is 0.257. The van der Waals surface area contributed by atoms with Gasteiger partial charge in [0.25, 0.3) is 0 Å². The molecular formula is C13H20N2O4S. The van der Waals surface area contributed by atoms with Crippen molar-refractivity contribution in [3.63, 3.8) is 0 Å². The summed E-state index contributed by atoms with van der Waals surface area (Å²) in [5, 5.41) is 2.60. The number of carbonyl (C=O) groups is 1. The fraction of sp³-hybridized carbons (Fsp3) is 0.462. The Hall–Kier alpha value is -1.44. The van der Waals surface area contributed by atoms with Gasteiger partial charge in [-0.15, -0.1) is 0 Å². The molecule has 20 heavy (non-hydrogen) atoms. The molecule has 1 rings (SSSR count). The molecule has 1 aromatic rings. The highest BCUT2D eigenvalue weighted by molar-refractivity contribution is 7.88. The molecular weight excluding hydrogens is 280 g/mol. The number of hydrogen-bond acceptors (Lipinski definition) is 4. The van der Waals surface area contributed by atoms with Crippen LogP contribution >= 0.6 is 0 Å². The molecule has 0 saturated carbocycles. The molecule has 0 aromatic heterocycles. The van der Waals surface area contributed by atoms with Crippen LogP contribution in [-0.2, 0) is 26.2 Å². The van der Waals surface area contributed by atoms with Crippen LogP contribution in [0.2, 0.25) is 0 Å². The van der Waals surface area contributed by atoms with Gasteiger partial charge >= 0.3 is 0 Å². The van der Waals surface area contributed by atoms with E-state index in [-0.39, 0.29) is 19.0 Å². The first kappa shape index (κ1) is 16.6. The molecule has 0 aliphatic rings. The number of amides is 1. The van der Waals surface area contributed by atoms with Gasteiger partial charge in [0.2, 0.25) is 15.9 Å². The summed E-state index contributed by atoms with van der Waals surface area (Å²) >= 11 is 0. The van der Waals surface area contributed by atoms with Gasteiger partial charge in [-0.25, -0.2) is 13.1 Å². The van der Waals surface area contributed by atoms with Crippen molar-refractivity contribution in [3.8, 4) is 0 Å². The first-order valence-corrected chi connectivity index (χ1v) is 8.15. The third-order valence-corrected chi connectivity index (χ3v) is 3.23. The van der Waals surface area contributed by atoms with E-state index in [4.69, 9.17) is 4.74 Å². The highest BCUT2D eigenvalue weighted by Crippen LogP contribution is 2.03. The van der Waals surface area contributed by atoms with E-state index in [0.29, 0.717) is 6.61 Å². The smallest absolute Gasteiger partial charge is 0.248 e. The van der Waals surface area contributed by atoms with Crippen LogP contribution in [0, 0.1) is 0 Å². The lowest BCUT2D eigenvalue weighted by Gasteiger charge is -2.13. The second-order valence-corrected chi connectivity index (χ2v) is 6.23. The molecule has 0 bridgehead atoms. The molecule has 0 fully saturated rings. The van der Waals surface area contributed by atoms with E-state index in [9.17, 15) is 13.2 Å². The lowest BCUT2D eigenvalue weighted by molar-refractivity contribution is -0.132. The number of hydrogen-bond donors (Lipinski definition) is 2. The van der Waals surface area contributed by atoms with Crippen LogP contribution in [0.25, 0.3) is 0 Å². The third kappa shape index (κ3) is 7.22. The largest absolute Gasteiger partial charge is 0.364 e. The molecule has 0 aliphatic heterocycles. The fourth-order valence-corrected chi connectivity index (χ4v) is 1.91. The second-order valence-electron chi connectivity index (χ2n) is 4.40. The molecule has 0 heterocycles. The van der Waals surface area contributed by atoms with Gasteiger partial charge < -0.3 is 10.1 Å². The average Bonchev–Trinajstić information content (AvgIpc) is 2.40. The van der Waals surface area contributed by atoms with E-state index in [0.717, 1.165) is 11.8 Å². The maximum absolute atomic E-state index is 11.7. The molecule has 0 saturated heterocycles. The van der Waals surface area contributed by atoms with Crippen molar-refractivity contribution in [1.29, 1.82) is 0 Å². The molecule has 0 unspecified atom stereocenters. The Bertz CT molecular complexity index is 516. The van der Waals surface area contributed by atoms with E-state index in [2.05, 4.69) is 10.0 Å². The Labute approximate surface area is 119 Å². The molecule has 1 amide bonds. The van der Waals surface area contributed by atoms with Crippen molar-refractivity contribution < 1.29 is 17.9 Å². The van der Waals surface area contributed by atoms with E-state index in [1.807, 2.05) is 30.3 Å². The maximum Gasteiger partial charge on any atom is 0.248 e. The number of nitrogens with one attached hydrogen (secondary N) is 2. The van der Waals surface area contributed by atoms with Crippen LogP contribution in [0.15, 0.2) is 30.3 Å². The minimum atomic E-state index is -3.22. The Kier molecular flexibility index (Phi) is 6.63. The van der Waals surface area contributed by atoms with Gasteiger partial charge in [-0.3, -0.25) is 4.79 Å². The molecule has 0 aliphatic carbocycles. The van der Waals surface area contributed by atoms with Gasteiger partial charge in [0.1, 0.15) is 6.10 Å². The first-order valence-electron chi connectivity index (χ1n) is 6.26. The average molecular weight is 300 g/mol. The van der Waals surface area contributed by atoms with Crippen LogP contribution in [0.5, 0.6) is 0 Å². The zero-order valence-corrected chi connectivity index (χ0v) is 12.4. The van der Waals surface area contributed by atoms with Crippen LogP contribution < -0.4 is 10.0 Å². The lowest BCUT2D eigenvalue weighted by Crippen LogP contribution is -2.39. The molecule has 0 radical (unpaired) electrons. The maximum atomic E-state index is 11.7. The summed E-state index contributed by atoms with van der Waals surface area (Å²) in [5.74, 6) is -0.267. The molecule has 1 aromatic carbocycles. The summed E-state index contributed by atoms with van der Waals surface area (Å²) in [6.07, 6.45) is 0.480. The van der Waals surface area contributed by atoms with Crippen LogP contribution in [0.3, 0.4) is 0 Å². The number of carbonyl (C=O) groups excluding carboxylic acids is 1. The van der Waals surface area contributed by atoms with E-state index in [1.54, 1.807) is 6.92 Å². The van der Waals surface area contributed by atoms with Gasteiger partial charge in [0.05, 0.1) is 12.9 Å². The van der Waals surface area contributed by atoms with Crippen molar-refractivity contribution in [3.05, 3.63) is 35.9 Å². The Balaban J connectivity index is 2.22. The van der Waals surface area contributed by atoms with Gasteiger partial charge in [0.15, 0.2) is 0 Å². The lowest BCUT2D eigenvalue weighted by atomic mass is 10.2. The summed E-state index contributed by atoms with van der Waals surface area (Å²) in [4.78, 5) is 11.7. The zero-order valence-electron chi connectivity index (χ0n) is 11.6. The first-order chi connectivity index (χ1) is 9.38. The van der Waals surface area contributed by atoms with E-state index < -0.39 is 16.1 Å². The molecule has 7 heteroatoms. The van der Waals surface area contributed by atoms with Gasteiger partial charge in [0, 0.05) is 13.1 Å². The minimum Gasteiger partial charge on any atom is -0.364 e. The van der Waals surface area contributed by atoms with Gasteiger partial charge in [-0.1, -0.05) is 30.3 Å². The van der Waals surface area contributed by atoms with Gasteiger partial charge in [-0.2, -0.15) is 0 Å². The summed E-state index contributed by atoms with van der Waals surface area (Å²) in [6, 6.07) is 9.55. The van der Waals surface area contributed by atoms with Crippen molar-refractivity contribution in [2.75, 3.05) is 19.3 Å². The highest BCUT2D eigenvalue weighted by Gasteiger charge is 2.12. The van der Waals surface area contributed by atoms with Crippen molar-refractivity contribution in [2.24, 2.45) is 0 Å². The number of sulfonamides is 1. The third-order valence-electron chi connectivity index (χ3n) is 2.50. The van der Waals surface area contributed by atoms with E-state index >= 15 is 0 Å². The standard InChI is InChI=1S/C13H20N2O4S/c1-11(19-10-12-6-4-3-5-7-12)13(16)14-8-9-15-20(2,17)18/h3-7,11,15H,8-10H2,1-2H3,(H,14,16)/t11-/m1/s1. The molecule has 0 spiro atoms. The number of rotatable bonds is 8. The van der Waals surface area contributed by atoms with Gasteiger partial charge in [-0.05, 0) is 12.5 Å². The van der Waals surface area contributed by atoms with Crippen molar-refractivity contribution in [2.45, 2.75) is 19.6 Å². The SMILES string of the molecule is C[C@@H](OCc1ccccc1)C(=O)NCCNS(C)(=O)=O. The minimum absolute atomic E-state index is 0.163. The molecule has 6 nitrogen and oxygen atoms in total.